The number of aryl methyl sites for hydroxylation is 1. The Hall–Kier alpha value is -2.49. The number of aromatic hydroxyl groups is 1. The standard InChI is InChI=1S/C17H18O4/c1-20-13-6-3-12(4-7-13)5-10-16(18)15-9-8-14(21-2)11-17(15)19/h3-4,6-9,11,19H,5,10H2,1-2H3. The number of phenolic OH excluding ortho intramolecular Hbond substituents is 1. The molecule has 2 rings (SSSR count). The zero-order valence-electron chi connectivity index (χ0n) is 12.1. The van der Waals surface area contributed by atoms with Gasteiger partial charge in [-0.1, -0.05) is 12.1 Å². The van der Waals surface area contributed by atoms with Gasteiger partial charge in [0.25, 0.3) is 0 Å². The molecule has 2 aromatic carbocycles. The molecule has 0 aliphatic rings. The Morgan fingerprint density at radius 3 is 2.19 bits per heavy atom. The van der Waals surface area contributed by atoms with Gasteiger partial charge in [-0.15, -0.1) is 0 Å². The molecule has 0 heterocycles. The molecule has 0 fully saturated rings. The highest BCUT2D eigenvalue weighted by molar-refractivity contribution is 5.98. The maximum atomic E-state index is 12.1. The van der Waals surface area contributed by atoms with Crippen molar-refractivity contribution in [1.82, 2.24) is 0 Å². The number of benzene rings is 2. The number of phenols is 1. The number of ether oxygens (including phenoxy) is 2. The Bertz CT molecular complexity index is 617. The van der Waals surface area contributed by atoms with Crippen LogP contribution >= 0.6 is 0 Å². The zero-order chi connectivity index (χ0) is 15.2. The second-order valence-corrected chi connectivity index (χ2v) is 4.65. The number of carbonyl (C=O) groups is 1. The molecular weight excluding hydrogens is 268 g/mol. The largest absolute Gasteiger partial charge is 0.507 e. The van der Waals surface area contributed by atoms with E-state index in [-0.39, 0.29) is 11.5 Å². The summed E-state index contributed by atoms with van der Waals surface area (Å²) >= 11 is 0. The van der Waals surface area contributed by atoms with Crippen LogP contribution in [0.15, 0.2) is 42.5 Å². The van der Waals surface area contributed by atoms with E-state index in [1.54, 1.807) is 19.2 Å². The van der Waals surface area contributed by atoms with E-state index in [9.17, 15) is 9.90 Å². The van der Waals surface area contributed by atoms with Crippen molar-refractivity contribution in [2.24, 2.45) is 0 Å². The van der Waals surface area contributed by atoms with E-state index in [2.05, 4.69) is 0 Å². The predicted molar refractivity (Wildman–Crippen MR) is 80.3 cm³/mol. The van der Waals surface area contributed by atoms with Crippen LogP contribution in [0, 0.1) is 0 Å². The van der Waals surface area contributed by atoms with E-state index < -0.39 is 0 Å². The number of methoxy groups -OCH3 is 2. The van der Waals surface area contributed by atoms with Crippen molar-refractivity contribution in [3.8, 4) is 17.2 Å². The van der Waals surface area contributed by atoms with Crippen LogP contribution in [0.25, 0.3) is 0 Å². The lowest BCUT2D eigenvalue weighted by molar-refractivity contribution is 0.0980. The summed E-state index contributed by atoms with van der Waals surface area (Å²) < 4.78 is 10.1. The van der Waals surface area contributed by atoms with Gasteiger partial charge in [0.05, 0.1) is 19.8 Å². The third-order valence-corrected chi connectivity index (χ3v) is 3.31. The van der Waals surface area contributed by atoms with Gasteiger partial charge in [0, 0.05) is 12.5 Å². The topological polar surface area (TPSA) is 55.8 Å². The molecule has 0 saturated heterocycles. The minimum absolute atomic E-state index is 0.0471. The normalized spacial score (nSPS) is 10.2. The molecule has 0 radical (unpaired) electrons. The van der Waals surface area contributed by atoms with Gasteiger partial charge >= 0.3 is 0 Å². The Morgan fingerprint density at radius 2 is 1.62 bits per heavy atom. The van der Waals surface area contributed by atoms with Crippen LogP contribution in [0.1, 0.15) is 22.3 Å². The van der Waals surface area contributed by atoms with Gasteiger partial charge in [0.1, 0.15) is 17.2 Å². The van der Waals surface area contributed by atoms with E-state index in [1.165, 1.54) is 13.2 Å². The first-order chi connectivity index (χ1) is 10.1. The summed E-state index contributed by atoms with van der Waals surface area (Å²) in [4.78, 5) is 12.1. The molecule has 110 valence electrons. The van der Waals surface area contributed by atoms with E-state index in [0.29, 0.717) is 24.2 Å². The molecule has 21 heavy (non-hydrogen) atoms. The van der Waals surface area contributed by atoms with Crippen LogP contribution in [0.2, 0.25) is 0 Å². The monoisotopic (exact) mass is 286 g/mol. The summed E-state index contributed by atoms with van der Waals surface area (Å²) in [6, 6.07) is 12.3. The second-order valence-electron chi connectivity index (χ2n) is 4.65. The Balaban J connectivity index is 2.00. The highest BCUT2D eigenvalue weighted by atomic mass is 16.5. The molecule has 1 N–H and O–H groups in total. The molecule has 0 spiro atoms. The fraction of sp³-hybridized carbons (Fsp3) is 0.235. The van der Waals surface area contributed by atoms with E-state index in [1.807, 2.05) is 24.3 Å². The number of carbonyl (C=O) groups excluding carboxylic acids is 1. The van der Waals surface area contributed by atoms with Gasteiger partial charge in [0.15, 0.2) is 5.78 Å². The molecule has 0 atom stereocenters. The lowest BCUT2D eigenvalue weighted by Crippen LogP contribution is -2.02. The van der Waals surface area contributed by atoms with E-state index >= 15 is 0 Å². The molecule has 2 aromatic rings. The molecule has 0 saturated carbocycles. The fourth-order valence-electron chi connectivity index (χ4n) is 2.06. The smallest absolute Gasteiger partial charge is 0.166 e. The molecule has 0 unspecified atom stereocenters. The molecule has 0 amide bonds. The van der Waals surface area contributed by atoms with Crippen molar-refractivity contribution in [2.75, 3.05) is 14.2 Å². The van der Waals surface area contributed by atoms with Crippen LogP contribution in [-0.4, -0.2) is 25.1 Å². The van der Waals surface area contributed by atoms with Crippen molar-refractivity contribution in [1.29, 1.82) is 0 Å². The van der Waals surface area contributed by atoms with Crippen LogP contribution in [0.4, 0.5) is 0 Å². The first kappa shape index (κ1) is 14.9. The summed E-state index contributed by atoms with van der Waals surface area (Å²) in [5, 5.41) is 9.84. The van der Waals surface area contributed by atoms with Gasteiger partial charge in [-0.2, -0.15) is 0 Å². The lowest BCUT2D eigenvalue weighted by atomic mass is 10.0. The third kappa shape index (κ3) is 3.75. The Kier molecular flexibility index (Phi) is 4.82. The summed E-state index contributed by atoms with van der Waals surface area (Å²) in [6.07, 6.45) is 0.959. The van der Waals surface area contributed by atoms with E-state index in [4.69, 9.17) is 9.47 Å². The fourth-order valence-corrected chi connectivity index (χ4v) is 2.06. The zero-order valence-corrected chi connectivity index (χ0v) is 12.1. The van der Waals surface area contributed by atoms with Crippen LogP contribution in [0.5, 0.6) is 17.2 Å². The predicted octanol–water partition coefficient (Wildman–Crippen LogP) is 3.22. The molecular formula is C17H18O4. The summed E-state index contributed by atoms with van der Waals surface area (Å²) in [5.74, 6) is 1.18. The highest BCUT2D eigenvalue weighted by Crippen LogP contribution is 2.25. The SMILES string of the molecule is COc1ccc(CCC(=O)c2ccc(OC)cc2O)cc1. The number of Topliss-reactive ketones (excluding diaryl/α,β-unsaturated/α-hetero) is 1. The van der Waals surface area contributed by atoms with Gasteiger partial charge < -0.3 is 14.6 Å². The average molecular weight is 286 g/mol. The quantitative estimate of drug-likeness (QED) is 0.828. The first-order valence-corrected chi connectivity index (χ1v) is 6.67. The molecule has 0 bridgehead atoms. The van der Waals surface area contributed by atoms with Crippen molar-refractivity contribution in [2.45, 2.75) is 12.8 Å². The third-order valence-electron chi connectivity index (χ3n) is 3.31. The number of ketones is 1. The molecule has 4 heteroatoms. The van der Waals surface area contributed by atoms with Crippen molar-refractivity contribution in [3.05, 3.63) is 53.6 Å². The van der Waals surface area contributed by atoms with Crippen molar-refractivity contribution >= 4 is 5.78 Å². The van der Waals surface area contributed by atoms with Gasteiger partial charge in [-0.25, -0.2) is 0 Å². The minimum atomic E-state index is -0.0917. The maximum Gasteiger partial charge on any atom is 0.166 e. The number of hydrogen-bond donors (Lipinski definition) is 1. The lowest BCUT2D eigenvalue weighted by Gasteiger charge is -2.07. The van der Waals surface area contributed by atoms with Crippen molar-refractivity contribution in [3.63, 3.8) is 0 Å². The maximum absolute atomic E-state index is 12.1. The average Bonchev–Trinajstić information content (AvgIpc) is 2.52. The molecule has 0 aromatic heterocycles. The number of rotatable bonds is 6. The van der Waals surface area contributed by atoms with Crippen LogP contribution in [0.3, 0.4) is 0 Å². The molecule has 0 aliphatic heterocycles. The molecule has 0 aliphatic carbocycles. The Labute approximate surface area is 123 Å². The van der Waals surface area contributed by atoms with Crippen molar-refractivity contribution < 1.29 is 19.4 Å². The van der Waals surface area contributed by atoms with Gasteiger partial charge in [-0.05, 0) is 36.2 Å². The van der Waals surface area contributed by atoms with Gasteiger partial charge in [-0.3, -0.25) is 4.79 Å². The first-order valence-electron chi connectivity index (χ1n) is 6.67. The van der Waals surface area contributed by atoms with E-state index in [0.717, 1.165) is 11.3 Å². The van der Waals surface area contributed by atoms with Crippen LogP contribution in [-0.2, 0) is 6.42 Å². The summed E-state index contributed by atoms with van der Waals surface area (Å²) in [7, 11) is 3.13. The molecule has 4 nitrogen and oxygen atoms in total. The minimum Gasteiger partial charge on any atom is -0.507 e. The van der Waals surface area contributed by atoms with Crippen LogP contribution < -0.4 is 9.47 Å². The second kappa shape index (κ2) is 6.79. The highest BCUT2D eigenvalue weighted by Gasteiger charge is 2.12. The summed E-state index contributed by atoms with van der Waals surface area (Å²) in [5.41, 5.74) is 1.38. The number of hydrogen-bond acceptors (Lipinski definition) is 4. The van der Waals surface area contributed by atoms with Gasteiger partial charge in [0.2, 0.25) is 0 Å². The Morgan fingerprint density at radius 1 is 1.00 bits per heavy atom. The summed E-state index contributed by atoms with van der Waals surface area (Å²) in [6.45, 7) is 0.